The third-order valence-electron chi connectivity index (χ3n) is 7.78. The van der Waals surface area contributed by atoms with E-state index in [0.717, 1.165) is 28.3 Å². The number of esters is 1. The van der Waals surface area contributed by atoms with Gasteiger partial charge < -0.3 is 4.74 Å². The molecule has 0 aromatic carbocycles. The average molecular weight is 486 g/mol. The van der Waals surface area contributed by atoms with Crippen LogP contribution >= 0.6 is 11.3 Å². The van der Waals surface area contributed by atoms with Crippen molar-refractivity contribution < 1.29 is 14.3 Å². The molecule has 0 unspecified atom stereocenters. The molecular formula is C29H43NO3S. The van der Waals surface area contributed by atoms with E-state index in [1.165, 1.54) is 0 Å². The molecule has 1 aromatic rings. The first kappa shape index (κ1) is 28.2. The number of nitrogens with zero attached hydrogens (tertiary/aromatic N) is 1. The SMILES string of the molecule is CC1=C/C[C@@H](/C(C)=C/c2csc(C)n2)OC(=O)C[C@H](C)C(C)(C)C(=O)[C@H](C)[C@@H](C)[C@@H](C)C\C=C\1. The van der Waals surface area contributed by atoms with Crippen LogP contribution in [0.25, 0.3) is 6.08 Å². The van der Waals surface area contributed by atoms with E-state index in [-0.39, 0.29) is 42.0 Å². The lowest BCUT2D eigenvalue weighted by Gasteiger charge is -2.36. The lowest BCUT2D eigenvalue weighted by Crippen LogP contribution is -2.40. The van der Waals surface area contributed by atoms with E-state index in [4.69, 9.17) is 4.74 Å². The number of ether oxygens (including phenoxy) is 1. The van der Waals surface area contributed by atoms with Gasteiger partial charge in [0.05, 0.1) is 10.7 Å². The van der Waals surface area contributed by atoms with E-state index in [1.807, 2.05) is 53.0 Å². The number of rotatable bonds is 2. The highest BCUT2D eigenvalue weighted by atomic mass is 32.1. The van der Waals surface area contributed by atoms with Crippen molar-refractivity contribution in [3.05, 3.63) is 45.5 Å². The molecule has 2 heterocycles. The number of Topliss-reactive ketones (excluding diaryl/α,β-unsaturated/α-hetero) is 1. The molecule has 0 saturated heterocycles. The number of allylic oxidation sites excluding steroid dienone is 3. The highest BCUT2D eigenvalue weighted by Crippen LogP contribution is 2.37. The maximum absolute atomic E-state index is 13.5. The number of thiazole rings is 1. The molecule has 2 rings (SSSR count). The molecular weight excluding hydrogens is 442 g/mol. The molecule has 0 bridgehead atoms. The fourth-order valence-corrected chi connectivity index (χ4v) is 4.99. The topological polar surface area (TPSA) is 56.3 Å². The Bertz CT molecular complexity index is 952. The van der Waals surface area contributed by atoms with Crippen molar-refractivity contribution in [2.24, 2.45) is 29.1 Å². The summed E-state index contributed by atoms with van der Waals surface area (Å²) in [5.74, 6) is 0.439. The molecule has 0 radical (unpaired) electrons. The third-order valence-corrected chi connectivity index (χ3v) is 8.57. The Hall–Kier alpha value is -2.01. The minimum absolute atomic E-state index is 0.0686. The van der Waals surface area contributed by atoms with Gasteiger partial charge in [0.25, 0.3) is 0 Å². The smallest absolute Gasteiger partial charge is 0.306 e. The van der Waals surface area contributed by atoms with Crippen LogP contribution in [0.5, 0.6) is 0 Å². The molecule has 188 valence electrons. The summed E-state index contributed by atoms with van der Waals surface area (Å²) in [4.78, 5) is 31.0. The van der Waals surface area contributed by atoms with Gasteiger partial charge in [0, 0.05) is 29.6 Å². The van der Waals surface area contributed by atoms with Crippen LogP contribution in [-0.2, 0) is 14.3 Å². The molecule has 4 nitrogen and oxygen atoms in total. The van der Waals surface area contributed by atoms with Gasteiger partial charge in [-0.15, -0.1) is 11.3 Å². The fourth-order valence-electron chi connectivity index (χ4n) is 4.42. The second kappa shape index (κ2) is 12.1. The first-order valence-electron chi connectivity index (χ1n) is 12.5. The summed E-state index contributed by atoms with van der Waals surface area (Å²) in [6.07, 6.45) is 9.86. The zero-order chi connectivity index (χ0) is 25.6. The molecule has 0 spiro atoms. The maximum Gasteiger partial charge on any atom is 0.306 e. The van der Waals surface area contributed by atoms with Crippen LogP contribution in [0, 0.1) is 36.0 Å². The summed E-state index contributed by atoms with van der Waals surface area (Å²) in [6.45, 7) is 18.4. The summed E-state index contributed by atoms with van der Waals surface area (Å²) in [5.41, 5.74) is 2.39. The largest absolute Gasteiger partial charge is 0.457 e. The normalized spacial score (nSPS) is 32.6. The molecule has 5 heteroatoms. The monoisotopic (exact) mass is 485 g/mol. The van der Waals surface area contributed by atoms with Gasteiger partial charge in [0.2, 0.25) is 0 Å². The predicted molar refractivity (Wildman–Crippen MR) is 143 cm³/mol. The lowest BCUT2D eigenvalue weighted by molar-refractivity contribution is -0.150. The van der Waals surface area contributed by atoms with Crippen molar-refractivity contribution in [2.75, 3.05) is 0 Å². The van der Waals surface area contributed by atoms with Crippen molar-refractivity contribution in [3.63, 3.8) is 0 Å². The first-order valence-corrected chi connectivity index (χ1v) is 13.4. The van der Waals surface area contributed by atoms with Gasteiger partial charge >= 0.3 is 5.97 Å². The lowest BCUT2D eigenvalue weighted by atomic mass is 9.67. The number of carbonyl (C=O) groups is 2. The molecule has 0 aliphatic carbocycles. The van der Waals surface area contributed by atoms with Crippen LogP contribution in [0.1, 0.15) is 85.4 Å². The molecule has 34 heavy (non-hydrogen) atoms. The quantitative estimate of drug-likeness (QED) is 0.405. The number of carbonyl (C=O) groups excluding carboxylic acids is 2. The van der Waals surface area contributed by atoms with E-state index in [1.54, 1.807) is 11.3 Å². The zero-order valence-corrected chi connectivity index (χ0v) is 23.3. The molecule has 0 N–H and O–H groups in total. The van der Waals surface area contributed by atoms with E-state index in [9.17, 15) is 9.59 Å². The van der Waals surface area contributed by atoms with E-state index in [0.29, 0.717) is 12.3 Å². The zero-order valence-electron chi connectivity index (χ0n) is 22.5. The van der Waals surface area contributed by atoms with Crippen LogP contribution in [-0.4, -0.2) is 22.8 Å². The Kier molecular flexibility index (Phi) is 10.0. The van der Waals surface area contributed by atoms with E-state index < -0.39 is 5.41 Å². The number of hydrogen-bond donors (Lipinski definition) is 0. The minimum atomic E-state index is -0.603. The van der Waals surface area contributed by atoms with E-state index >= 15 is 0 Å². The summed E-state index contributed by atoms with van der Waals surface area (Å²) >= 11 is 1.60. The third kappa shape index (κ3) is 7.49. The summed E-state index contributed by atoms with van der Waals surface area (Å²) < 4.78 is 5.99. The van der Waals surface area contributed by atoms with Crippen molar-refractivity contribution in [1.82, 2.24) is 4.98 Å². The number of ketones is 1. The van der Waals surface area contributed by atoms with Gasteiger partial charge in [-0.2, -0.15) is 0 Å². The first-order chi connectivity index (χ1) is 15.8. The van der Waals surface area contributed by atoms with Crippen molar-refractivity contribution in [3.8, 4) is 0 Å². The Morgan fingerprint density at radius 1 is 1.15 bits per heavy atom. The van der Waals surface area contributed by atoms with Gasteiger partial charge in [0.1, 0.15) is 11.9 Å². The summed E-state index contributed by atoms with van der Waals surface area (Å²) in [5, 5.41) is 3.02. The van der Waals surface area contributed by atoms with Crippen LogP contribution in [0.2, 0.25) is 0 Å². The van der Waals surface area contributed by atoms with Gasteiger partial charge in [-0.05, 0) is 56.6 Å². The van der Waals surface area contributed by atoms with Crippen molar-refractivity contribution >= 4 is 29.2 Å². The minimum Gasteiger partial charge on any atom is -0.457 e. The Morgan fingerprint density at radius 3 is 2.44 bits per heavy atom. The van der Waals surface area contributed by atoms with Crippen LogP contribution < -0.4 is 0 Å². The second-order valence-electron chi connectivity index (χ2n) is 10.8. The summed E-state index contributed by atoms with van der Waals surface area (Å²) in [7, 11) is 0. The van der Waals surface area contributed by atoms with Crippen molar-refractivity contribution in [1.29, 1.82) is 0 Å². The van der Waals surface area contributed by atoms with Gasteiger partial charge in [-0.1, -0.05) is 65.3 Å². The Morgan fingerprint density at radius 2 is 1.82 bits per heavy atom. The highest BCUT2D eigenvalue weighted by molar-refractivity contribution is 7.09. The molecule has 1 aliphatic heterocycles. The Balaban J connectivity index is 2.38. The van der Waals surface area contributed by atoms with Crippen LogP contribution in [0.4, 0.5) is 0 Å². The number of aromatic nitrogens is 1. The Labute approximate surface area is 210 Å². The molecule has 0 fully saturated rings. The molecule has 0 amide bonds. The highest BCUT2D eigenvalue weighted by Gasteiger charge is 2.40. The average Bonchev–Trinajstić information content (AvgIpc) is 3.18. The summed E-state index contributed by atoms with van der Waals surface area (Å²) in [6, 6.07) is 0. The molecule has 1 aliphatic rings. The van der Waals surface area contributed by atoms with Gasteiger partial charge in [-0.3, -0.25) is 9.59 Å². The molecule has 1 aromatic heterocycles. The maximum atomic E-state index is 13.5. The fraction of sp³-hybridized carbons (Fsp3) is 0.621. The number of cyclic esters (lactones) is 1. The van der Waals surface area contributed by atoms with Gasteiger partial charge in [0.15, 0.2) is 0 Å². The van der Waals surface area contributed by atoms with Crippen LogP contribution in [0.3, 0.4) is 0 Å². The number of aryl methyl sites for hydroxylation is 1. The van der Waals surface area contributed by atoms with Crippen molar-refractivity contribution in [2.45, 2.75) is 87.7 Å². The molecule has 5 atom stereocenters. The predicted octanol–water partition coefficient (Wildman–Crippen LogP) is 7.59. The van der Waals surface area contributed by atoms with Gasteiger partial charge in [-0.25, -0.2) is 4.98 Å². The second-order valence-corrected chi connectivity index (χ2v) is 11.9. The molecule has 0 saturated carbocycles. The van der Waals surface area contributed by atoms with E-state index in [2.05, 4.69) is 44.0 Å². The number of hydrogen-bond acceptors (Lipinski definition) is 5. The standard InChI is InChI=1S/C29H43NO3S/c1-18-11-10-12-19(2)22(5)23(6)28(32)29(8,9)21(4)16-27(31)33-26(14-13-18)20(3)15-25-17-34-24(7)30-25/h10-11,13,15,17,19,21-23,26H,12,14,16H2,1-9H3/b11-10+,18-13-,20-15+/t19-,21-,22-,23+,26-/m0/s1. The van der Waals surface area contributed by atoms with Crippen LogP contribution in [0.15, 0.2) is 34.8 Å².